The summed E-state index contributed by atoms with van der Waals surface area (Å²) in [7, 11) is 0. The number of aliphatic hydroxyl groups is 1. The number of thiol groups is 1. The lowest BCUT2D eigenvalue weighted by molar-refractivity contribution is -0.142. The molecule has 170 valence electrons. The molecule has 0 radical (unpaired) electrons. The van der Waals surface area contributed by atoms with Crippen molar-refractivity contribution < 1.29 is 49.2 Å². The summed E-state index contributed by atoms with van der Waals surface area (Å²) in [5.74, 6) is -7.53. The average Bonchev–Trinajstić information content (AvgIpc) is 2.65. The molecule has 0 aromatic heterocycles. The average molecular weight is 452 g/mol. The highest BCUT2D eigenvalue weighted by Gasteiger charge is 2.30. The van der Waals surface area contributed by atoms with Crippen molar-refractivity contribution in [3.8, 4) is 0 Å². The number of hydrogen-bond acceptors (Lipinski definition) is 9. The van der Waals surface area contributed by atoms with E-state index in [2.05, 4.69) is 23.3 Å². The largest absolute Gasteiger partial charge is 0.481 e. The van der Waals surface area contributed by atoms with Crippen molar-refractivity contribution in [2.45, 2.75) is 43.4 Å². The lowest BCUT2D eigenvalue weighted by Crippen LogP contribution is -2.58. The van der Waals surface area contributed by atoms with Crippen LogP contribution in [0.25, 0.3) is 0 Å². The minimum absolute atomic E-state index is 0.280. The highest BCUT2D eigenvalue weighted by Crippen LogP contribution is 2.02. The molecule has 0 saturated carbocycles. The molecule has 14 nitrogen and oxygen atoms in total. The molecular formula is C15H24N4O10S. The van der Waals surface area contributed by atoms with E-state index < -0.39 is 85.7 Å². The van der Waals surface area contributed by atoms with Crippen molar-refractivity contribution in [1.82, 2.24) is 16.0 Å². The van der Waals surface area contributed by atoms with E-state index >= 15 is 0 Å². The van der Waals surface area contributed by atoms with Crippen LogP contribution in [0.1, 0.15) is 19.3 Å². The second-order valence-corrected chi connectivity index (χ2v) is 6.39. The van der Waals surface area contributed by atoms with Crippen molar-refractivity contribution in [2.75, 3.05) is 12.4 Å². The first kappa shape index (κ1) is 27.1. The van der Waals surface area contributed by atoms with Crippen LogP contribution in [-0.2, 0) is 28.8 Å². The zero-order valence-electron chi connectivity index (χ0n) is 15.6. The van der Waals surface area contributed by atoms with Crippen LogP contribution in [-0.4, -0.2) is 92.6 Å². The third kappa shape index (κ3) is 10.0. The van der Waals surface area contributed by atoms with Crippen LogP contribution in [0.3, 0.4) is 0 Å². The number of carbonyl (C=O) groups is 6. The number of aliphatic hydroxyl groups excluding tert-OH is 1. The summed E-state index contributed by atoms with van der Waals surface area (Å²) < 4.78 is 0. The molecule has 0 fully saturated rings. The standard InChI is InChI=1S/C15H24N4O10S/c16-6(3-11(23)24)12(25)18-8(4-20)14(27)17-7(1-2-10(21)22)13(26)19-9(5-30)15(28)29/h6-9,20,30H,1-5,16H2,(H,17,27)(H,18,25)(H,19,26)(H,21,22)(H,23,24)(H,28,29). The smallest absolute Gasteiger partial charge is 0.327 e. The van der Waals surface area contributed by atoms with Gasteiger partial charge in [0.2, 0.25) is 17.7 Å². The molecule has 15 heteroatoms. The van der Waals surface area contributed by atoms with Gasteiger partial charge in [-0.3, -0.25) is 24.0 Å². The minimum atomic E-state index is -1.63. The lowest BCUT2D eigenvalue weighted by atomic mass is 10.1. The van der Waals surface area contributed by atoms with Gasteiger partial charge < -0.3 is 42.1 Å². The van der Waals surface area contributed by atoms with Gasteiger partial charge in [0.1, 0.15) is 18.1 Å². The molecule has 0 aromatic carbocycles. The highest BCUT2D eigenvalue weighted by molar-refractivity contribution is 7.80. The van der Waals surface area contributed by atoms with Gasteiger partial charge in [-0.25, -0.2) is 4.79 Å². The van der Waals surface area contributed by atoms with E-state index in [1.807, 2.05) is 5.32 Å². The Labute approximate surface area is 175 Å². The van der Waals surface area contributed by atoms with Crippen LogP contribution in [0.4, 0.5) is 0 Å². The van der Waals surface area contributed by atoms with Gasteiger partial charge in [-0.05, 0) is 6.42 Å². The van der Waals surface area contributed by atoms with E-state index in [1.165, 1.54) is 0 Å². The first-order valence-electron chi connectivity index (χ1n) is 8.47. The second kappa shape index (κ2) is 13.3. The topological polar surface area (TPSA) is 245 Å². The third-order valence-corrected chi connectivity index (χ3v) is 3.99. The van der Waals surface area contributed by atoms with Crippen LogP contribution >= 0.6 is 12.6 Å². The fourth-order valence-electron chi connectivity index (χ4n) is 2.02. The number of amides is 3. The molecule has 0 spiro atoms. The first-order chi connectivity index (χ1) is 13.9. The minimum Gasteiger partial charge on any atom is -0.481 e. The molecule has 4 atom stereocenters. The Hall–Kier alpha value is -2.91. The number of nitrogens with one attached hydrogen (secondary N) is 3. The lowest BCUT2D eigenvalue weighted by Gasteiger charge is -2.23. The normalized spacial score (nSPS) is 14.5. The maximum atomic E-state index is 12.3. The van der Waals surface area contributed by atoms with Gasteiger partial charge in [0, 0.05) is 12.2 Å². The van der Waals surface area contributed by atoms with E-state index in [9.17, 15) is 33.9 Å². The van der Waals surface area contributed by atoms with E-state index in [1.54, 1.807) is 0 Å². The number of nitrogens with two attached hydrogens (primary N) is 1. The fraction of sp³-hybridized carbons (Fsp3) is 0.600. The maximum absolute atomic E-state index is 12.3. The number of rotatable bonds is 14. The summed E-state index contributed by atoms with van der Waals surface area (Å²) in [5.41, 5.74) is 5.35. The summed E-state index contributed by atoms with van der Waals surface area (Å²) in [5, 5.41) is 41.9. The fourth-order valence-corrected chi connectivity index (χ4v) is 2.27. The molecule has 4 unspecified atom stereocenters. The Balaban J connectivity index is 5.23. The molecule has 30 heavy (non-hydrogen) atoms. The van der Waals surface area contributed by atoms with E-state index in [4.69, 9.17) is 21.1 Å². The molecule has 9 N–H and O–H groups in total. The van der Waals surface area contributed by atoms with Crippen molar-refractivity contribution in [1.29, 1.82) is 0 Å². The van der Waals surface area contributed by atoms with Gasteiger partial charge in [-0.15, -0.1) is 0 Å². The second-order valence-electron chi connectivity index (χ2n) is 6.02. The van der Waals surface area contributed by atoms with Crippen LogP contribution in [0.2, 0.25) is 0 Å². The molecule has 0 heterocycles. The summed E-state index contributed by atoms with van der Waals surface area (Å²) in [6.07, 6.45) is -1.72. The molecule has 0 aliphatic heterocycles. The monoisotopic (exact) mass is 452 g/mol. The van der Waals surface area contributed by atoms with E-state index in [0.29, 0.717) is 0 Å². The number of aliphatic carboxylic acids is 3. The number of hydrogen-bond donors (Lipinski definition) is 9. The molecule has 0 aliphatic rings. The molecular weight excluding hydrogens is 428 g/mol. The molecule has 0 rings (SSSR count). The first-order valence-corrected chi connectivity index (χ1v) is 9.10. The third-order valence-electron chi connectivity index (χ3n) is 3.62. The van der Waals surface area contributed by atoms with Crippen LogP contribution in [0.15, 0.2) is 0 Å². The molecule has 0 saturated heterocycles. The van der Waals surface area contributed by atoms with Crippen LogP contribution < -0.4 is 21.7 Å². The predicted molar refractivity (Wildman–Crippen MR) is 101 cm³/mol. The number of carboxylic acid groups (broad SMARTS) is 3. The van der Waals surface area contributed by atoms with Crippen LogP contribution in [0.5, 0.6) is 0 Å². The SMILES string of the molecule is NC(CC(=O)O)C(=O)NC(CO)C(=O)NC(CCC(=O)O)C(=O)NC(CS)C(=O)O. The zero-order chi connectivity index (χ0) is 23.4. The number of carbonyl (C=O) groups excluding carboxylic acids is 3. The molecule has 0 bridgehead atoms. The van der Waals surface area contributed by atoms with E-state index in [-0.39, 0.29) is 5.75 Å². The maximum Gasteiger partial charge on any atom is 0.327 e. The molecule has 0 aliphatic carbocycles. The Morgan fingerprint density at radius 2 is 1.30 bits per heavy atom. The Kier molecular flexibility index (Phi) is 12.0. The number of carboxylic acids is 3. The van der Waals surface area contributed by atoms with Gasteiger partial charge in [0.05, 0.1) is 19.1 Å². The van der Waals surface area contributed by atoms with Gasteiger partial charge in [0.25, 0.3) is 0 Å². The Morgan fingerprint density at radius 3 is 1.73 bits per heavy atom. The summed E-state index contributed by atoms with van der Waals surface area (Å²) in [4.78, 5) is 68.8. The summed E-state index contributed by atoms with van der Waals surface area (Å²) in [6.45, 7) is -0.945. The van der Waals surface area contributed by atoms with Crippen molar-refractivity contribution in [3.05, 3.63) is 0 Å². The zero-order valence-corrected chi connectivity index (χ0v) is 16.5. The van der Waals surface area contributed by atoms with Crippen LogP contribution in [0, 0.1) is 0 Å². The van der Waals surface area contributed by atoms with Crippen molar-refractivity contribution in [3.63, 3.8) is 0 Å². The highest BCUT2D eigenvalue weighted by atomic mass is 32.1. The van der Waals surface area contributed by atoms with Gasteiger partial charge in [-0.2, -0.15) is 12.6 Å². The Morgan fingerprint density at radius 1 is 0.800 bits per heavy atom. The van der Waals surface area contributed by atoms with Gasteiger partial charge in [-0.1, -0.05) is 0 Å². The Bertz CT molecular complexity index is 674. The summed E-state index contributed by atoms with van der Waals surface area (Å²) >= 11 is 3.77. The summed E-state index contributed by atoms with van der Waals surface area (Å²) in [6, 6.07) is -6.05. The van der Waals surface area contributed by atoms with Gasteiger partial charge in [0.15, 0.2) is 0 Å². The molecule has 0 aromatic rings. The van der Waals surface area contributed by atoms with Gasteiger partial charge >= 0.3 is 17.9 Å². The quantitative estimate of drug-likeness (QED) is 0.115. The predicted octanol–water partition coefficient (Wildman–Crippen LogP) is -3.89. The molecule has 3 amide bonds. The van der Waals surface area contributed by atoms with E-state index in [0.717, 1.165) is 0 Å². The van der Waals surface area contributed by atoms with Crippen molar-refractivity contribution >= 4 is 48.3 Å². The van der Waals surface area contributed by atoms with Crippen molar-refractivity contribution in [2.24, 2.45) is 5.73 Å².